The van der Waals surface area contributed by atoms with Gasteiger partial charge in [-0.2, -0.15) is 0 Å². The summed E-state index contributed by atoms with van der Waals surface area (Å²) in [5, 5.41) is 13.5. The Morgan fingerprint density at radius 3 is 2.50 bits per heavy atom. The van der Waals surface area contributed by atoms with E-state index in [2.05, 4.69) is 15.4 Å². The summed E-state index contributed by atoms with van der Waals surface area (Å²) >= 11 is 0. The zero-order valence-electron chi connectivity index (χ0n) is 12.1. The van der Waals surface area contributed by atoms with E-state index >= 15 is 0 Å². The molecule has 3 N–H and O–H groups in total. The molecule has 1 atom stereocenters. The van der Waals surface area contributed by atoms with E-state index in [0.29, 0.717) is 0 Å². The van der Waals surface area contributed by atoms with Crippen LogP contribution in [0.2, 0.25) is 0 Å². The number of hydrogen-bond donors (Lipinski definition) is 3. The van der Waals surface area contributed by atoms with Crippen molar-refractivity contribution in [2.24, 2.45) is 0 Å². The van der Waals surface area contributed by atoms with Crippen LogP contribution in [-0.4, -0.2) is 49.4 Å². The van der Waals surface area contributed by atoms with Crippen molar-refractivity contribution in [2.45, 2.75) is 12.6 Å². The highest BCUT2D eigenvalue weighted by atomic mass is 16.5. The summed E-state index contributed by atoms with van der Waals surface area (Å²) in [6, 6.07) is 7.77. The Labute approximate surface area is 127 Å². The molecule has 1 aromatic rings. The standard InChI is InChI=1S/C14H18N2O6/c1-21-12(18)7-15-13(19)11(8-17)16-14(20)22-9-10-5-3-2-4-6-10/h2-6,11,17H,7-9H2,1H3,(H,15,19)(H,16,20)/t11-/m1/s1. The van der Waals surface area contributed by atoms with Crippen molar-refractivity contribution in [3.05, 3.63) is 35.9 Å². The Balaban J connectivity index is 2.39. The Hall–Kier alpha value is -2.61. The number of carbonyl (C=O) groups excluding carboxylic acids is 3. The molecule has 1 aromatic carbocycles. The van der Waals surface area contributed by atoms with Gasteiger partial charge in [0, 0.05) is 0 Å². The van der Waals surface area contributed by atoms with Crippen molar-refractivity contribution in [1.82, 2.24) is 10.6 Å². The molecule has 0 aliphatic rings. The smallest absolute Gasteiger partial charge is 0.408 e. The molecule has 0 saturated carbocycles. The normalized spacial score (nSPS) is 11.2. The molecule has 0 fully saturated rings. The lowest BCUT2D eigenvalue weighted by Gasteiger charge is -2.15. The average Bonchev–Trinajstić information content (AvgIpc) is 2.56. The lowest BCUT2D eigenvalue weighted by molar-refractivity contribution is -0.141. The van der Waals surface area contributed by atoms with Gasteiger partial charge in [-0.05, 0) is 5.56 Å². The van der Waals surface area contributed by atoms with Crippen LogP contribution in [0, 0.1) is 0 Å². The SMILES string of the molecule is COC(=O)CNC(=O)[C@@H](CO)NC(=O)OCc1ccccc1. The molecule has 0 heterocycles. The van der Waals surface area contributed by atoms with Crippen LogP contribution < -0.4 is 10.6 Å². The Bertz CT molecular complexity index is 505. The molecule has 0 aliphatic heterocycles. The minimum Gasteiger partial charge on any atom is -0.468 e. The predicted octanol–water partition coefficient (Wildman–Crippen LogP) is -0.437. The fourth-order valence-corrected chi connectivity index (χ4v) is 1.46. The maximum Gasteiger partial charge on any atom is 0.408 e. The summed E-state index contributed by atoms with van der Waals surface area (Å²) < 4.78 is 9.28. The molecule has 0 aromatic heterocycles. The molecule has 8 nitrogen and oxygen atoms in total. The molecule has 1 rings (SSSR count). The zero-order chi connectivity index (χ0) is 16.4. The number of alkyl carbamates (subject to hydrolysis) is 1. The van der Waals surface area contributed by atoms with E-state index in [1.165, 1.54) is 7.11 Å². The van der Waals surface area contributed by atoms with Crippen LogP contribution in [0.3, 0.4) is 0 Å². The highest BCUT2D eigenvalue weighted by Gasteiger charge is 2.21. The number of hydrogen-bond acceptors (Lipinski definition) is 6. The third-order valence-electron chi connectivity index (χ3n) is 2.64. The number of rotatable bonds is 7. The second-order valence-electron chi connectivity index (χ2n) is 4.24. The summed E-state index contributed by atoms with van der Waals surface area (Å²) in [5.74, 6) is -1.36. The highest BCUT2D eigenvalue weighted by Crippen LogP contribution is 2.00. The molecule has 0 aliphatic carbocycles. The molecule has 22 heavy (non-hydrogen) atoms. The van der Waals surface area contributed by atoms with Gasteiger partial charge in [-0.15, -0.1) is 0 Å². The van der Waals surface area contributed by atoms with Gasteiger partial charge in [0.25, 0.3) is 0 Å². The van der Waals surface area contributed by atoms with Crippen LogP contribution >= 0.6 is 0 Å². The molecule has 8 heteroatoms. The third-order valence-corrected chi connectivity index (χ3v) is 2.64. The number of carbonyl (C=O) groups is 3. The van der Waals surface area contributed by atoms with Crippen LogP contribution in [0.1, 0.15) is 5.56 Å². The third kappa shape index (κ3) is 6.23. The van der Waals surface area contributed by atoms with E-state index in [-0.39, 0.29) is 13.2 Å². The number of amides is 2. The summed E-state index contributed by atoms with van der Waals surface area (Å²) in [6.45, 7) is -0.950. The first-order chi connectivity index (χ1) is 10.6. The van der Waals surface area contributed by atoms with Gasteiger partial charge in [0.1, 0.15) is 19.2 Å². The van der Waals surface area contributed by atoms with Crippen molar-refractivity contribution in [1.29, 1.82) is 0 Å². The maximum absolute atomic E-state index is 11.7. The van der Waals surface area contributed by atoms with Gasteiger partial charge in [0.2, 0.25) is 5.91 Å². The lowest BCUT2D eigenvalue weighted by atomic mass is 10.2. The van der Waals surface area contributed by atoms with Crippen molar-refractivity contribution in [3.63, 3.8) is 0 Å². The number of methoxy groups -OCH3 is 1. The number of nitrogens with one attached hydrogen (secondary N) is 2. The molecular weight excluding hydrogens is 292 g/mol. The minimum absolute atomic E-state index is 0.0363. The first kappa shape index (κ1) is 17.4. The first-order valence-corrected chi connectivity index (χ1v) is 6.49. The molecule has 120 valence electrons. The largest absolute Gasteiger partial charge is 0.468 e. The molecule has 0 unspecified atom stereocenters. The van der Waals surface area contributed by atoms with Crippen LogP contribution in [-0.2, 0) is 25.7 Å². The summed E-state index contributed by atoms with van der Waals surface area (Å²) in [4.78, 5) is 34.1. The predicted molar refractivity (Wildman–Crippen MR) is 75.7 cm³/mol. The van der Waals surface area contributed by atoms with E-state index in [1.807, 2.05) is 6.07 Å². The molecule has 0 saturated heterocycles. The van der Waals surface area contributed by atoms with Gasteiger partial charge in [-0.1, -0.05) is 30.3 Å². The monoisotopic (exact) mass is 310 g/mol. The van der Waals surface area contributed by atoms with Gasteiger partial charge in [0.05, 0.1) is 13.7 Å². The zero-order valence-corrected chi connectivity index (χ0v) is 12.1. The number of aliphatic hydroxyl groups excluding tert-OH is 1. The number of esters is 1. The highest BCUT2D eigenvalue weighted by molar-refractivity contribution is 5.88. The maximum atomic E-state index is 11.7. The lowest BCUT2D eigenvalue weighted by Crippen LogP contribution is -2.50. The van der Waals surface area contributed by atoms with Crippen LogP contribution in [0.5, 0.6) is 0 Å². The van der Waals surface area contributed by atoms with Gasteiger partial charge in [0.15, 0.2) is 0 Å². The Morgan fingerprint density at radius 1 is 1.23 bits per heavy atom. The molecule has 0 radical (unpaired) electrons. The second-order valence-corrected chi connectivity index (χ2v) is 4.24. The summed E-state index contributed by atoms with van der Waals surface area (Å²) in [6.07, 6.45) is -0.851. The van der Waals surface area contributed by atoms with Crippen molar-refractivity contribution in [2.75, 3.05) is 20.3 Å². The van der Waals surface area contributed by atoms with Gasteiger partial charge >= 0.3 is 12.1 Å². The van der Waals surface area contributed by atoms with E-state index in [9.17, 15) is 14.4 Å². The van der Waals surface area contributed by atoms with E-state index in [0.717, 1.165) is 5.56 Å². The van der Waals surface area contributed by atoms with Gasteiger partial charge in [-0.3, -0.25) is 9.59 Å². The minimum atomic E-state index is -1.21. The topological polar surface area (TPSA) is 114 Å². The Kier molecular flexibility index (Phi) is 7.41. The number of ether oxygens (including phenoxy) is 2. The average molecular weight is 310 g/mol. The Morgan fingerprint density at radius 2 is 1.91 bits per heavy atom. The molecular formula is C14H18N2O6. The van der Waals surface area contributed by atoms with Crippen molar-refractivity contribution >= 4 is 18.0 Å². The van der Waals surface area contributed by atoms with Crippen LogP contribution in [0.25, 0.3) is 0 Å². The van der Waals surface area contributed by atoms with Crippen molar-refractivity contribution in [3.8, 4) is 0 Å². The number of benzene rings is 1. The van der Waals surface area contributed by atoms with E-state index in [1.54, 1.807) is 24.3 Å². The van der Waals surface area contributed by atoms with Crippen LogP contribution in [0.4, 0.5) is 4.79 Å². The quantitative estimate of drug-likeness (QED) is 0.589. The van der Waals surface area contributed by atoms with Gasteiger partial charge < -0.3 is 25.2 Å². The van der Waals surface area contributed by atoms with Gasteiger partial charge in [-0.25, -0.2) is 4.79 Å². The fraction of sp³-hybridized carbons (Fsp3) is 0.357. The fourth-order valence-electron chi connectivity index (χ4n) is 1.46. The van der Waals surface area contributed by atoms with Crippen molar-refractivity contribution < 1.29 is 29.0 Å². The summed E-state index contributed by atoms with van der Waals surface area (Å²) in [5.41, 5.74) is 0.786. The van der Waals surface area contributed by atoms with Crippen LogP contribution in [0.15, 0.2) is 30.3 Å². The molecule has 2 amide bonds. The molecule has 0 spiro atoms. The van der Waals surface area contributed by atoms with E-state index < -0.39 is 30.6 Å². The number of aliphatic hydroxyl groups is 1. The molecule has 0 bridgehead atoms. The first-order valence-electron chi connectivity index (χ1n) is 6.49. The summed E-state index contributed by atoms with van der Waals surface area (Å²) in [7, 11) is 1.18. The second kappa shape index (κ2) is 9.35. The van der Waals surface area contributed by atoms with E-state index in [4.69, 9.17) is 9.84 Å².